The van der Waals surface area contributed by atoms with Crippen molar-refractivity contribution in [2.24, 2.45) is 0 Å². The van der Waals surface area contributed by atoms with Gasteiger partial charge in [-0.05, 0) is 25.1 Å². The highest BCUT2D eigenvalue weighted by Crippen LogP contribution is 2.22. The third kappa shape index (κ3) is 4.64. The minimum Gasteiger partial charge on any atom is -0.372 e. The van der Waals surface area contributed by atoms with Gasteiger partial charge in [-0.15, -0.1) is 0 Å². The van der Waals surface area contributed by atoms with E-state index in [-0.39, 0.29) is 12.5 Å². The number of anilines is 1. The summed E-state index contributed by atoms with van der Waals surface area (Å²) in [5.74, 6) is -0.189. The number of carbonyl (C=O) groups is 1. The lowest BCUT2D eigenvalue weighted by Gasteiger charge is -2.06. The lowest BCUT2D eigenvalue weighted by atomic mass is 10.3. The van der Waals surface area contributed by atoms with Crippen LogP contribution in [0.2, 0.25) is 5.02 Å². The predicted octanol–water partition coefficient (Wildman–Crippen LogP) is 3.08. The largest absolute Gasteiger partial charge is 0.372 e. The van der Waals surface area contributed by atoms with Crippen molar-refractivity contribution in [2.45, 2.75) is 6.92 Å². The van der Waals surface area contributed by atoms with E-state index in [1.54, 1.807) is 18.2 Å². The Bertz CT molecular complexity index is 337. The Kier molecular flexibility index (Phi) is 5.08. The minimum absolute atomic E-state index is 0.0562. The molecule has 0 radical (unpaired) electrons. The van der Waals surface area contributed by atoms with Gasteiger partial charge in [-0.2, -0.15) is 0 Å². The first-order chi connectivity index (χ1) is 7.11. The van der Waals surface area contributed by atoms with Crippen LogP contribution in [0.1, 0.15) is 6.92 Å². The maximum atomic E-state index is 11.3. The normalized spacial score (nSPS) is 10.1. The summed E-state index contributed by atoms with van der Waals surface area (Å²) in [6.45, 7) is 2.41. The Hall–Kier alpha value is -0.580. The first-order valence-corrected chi connectivity index (χ1v) is 5.62. The Morgan fingerprint density at radius 1 is 1.53 bits per heavy atom. The fourth-order valence-electron chi connectivity index (χ4n) is 1.02. The van der Waals surface area contributed by atoms with Crippen LogP contribution in [-0.2, 0) is 9.53 Å². The van der Waals surface area contributed by atoms with Crippen molar-refractivity contribution in [3.8, 4) is 0 Å². The summed E-state index contributed by atoms with van der Waals surface area (Å²) in [6.07, 6.45) is 0. The Morgan fingerprint density at radius 3 is 2.87 bits per heavy atom. The summed E-state index contributed by atoms with van der Waals surface area (Å²) in [5.41, 5.74) is 0.652. The van der Waals surface area contributed by atoms with Crippen LogP contribution in [0.4, 0.5) is 5.69 Å². The van der Waals surface area contributed by atoms with Gasteiger partial charge in [-0.1, -0.05) is 27.5 Å². The molecule has 0 heterocycles. The second kappa shape index (κ2) is 6.10. The molecule has 1 aromatic rings. The van der Waals surface area contributed by atoms with E-state index >= 15 is 0 Å². The summed E-state index contributed by atoms with van der Waals surface area (Å²) in [5, 5.41) is 3.25. The van der Waals surface area contributed by atoms with Crippen LogP contribution in [0.5, 0.6) is 0 Å². The van der Waals surface area contributed by atoms with E-state index in [1.165, 1.54) is 0 Å². The molecular weight excluding hydrogens is 281 g/mol. The Balaban J connectivity index is 2.60. The molecule has 15 heavy (non-hydrogen) atoms. The summed E-state index contributed by atoms with van der Waals surface area (Å²) in [6, 6.07) is 5.20. The third-order valence-electron chi connectivity index (χ3n) is 1.58. The van der Waals surface area contributed by atoms with E-state index in [9.17, 15) is 4.79 Å². The minimum atomic E-state index is -0.189. The monoisotopic (exact) mass is 291 g/mol. The maximum Gasteiger partial charge on any atom is 0.250 e. The number of halogens is 2. The molecule has 0 aliphatic heterocycles. The number of amides is 1. The standard InChI is InChI=1S/C10H11BrClNO2/c1-2-15-6-10(14)13-9-4-7(11)3-8(12)5-9/h3-5H,2,6H2,1H3,(H,13,14). The maximum absolute atomic E-state index is 11.3. The van der Waals surface area contributed by atoms with Crippen molar-refractivity contribution in [2.75, 3.05) is 18.5 Å². The molecule has 0 bridgehead atoms. The lowest BCUT2D eigenvalue weighted by molar-refractivity contribution is -0.120. The van der Waals surface area contributed by atoms with Crippen LogP contribution < -0.4 is 5.32 Å². The summed E-state index contributed by atoms with van der Waals surface area (Å²) in [4.78, 5) is 11.3. The van der Waals surface area contributed by atoms with E-state index in [0.717, 1.165) is 4.47 Å². The van der Waals surface area contributed by atoms with Gasteiger partial charge < -0.3 is 10.1 Å². The molecular formula is C10H11BrClNO2. The molecule has 1 rings (SSSR count). The molecule has 0 aliphatic carbocycles. The van der Waals surface area contributed by atoms with Gasteiger partial charge in [-0.3, -0.25) is 4.79 Å². The van der Waals surface area contributed by atoms with Gasteiger partial charge in [0.2, 0.25) is 5.91 Å². The fraction of sp³-hybridized carbons (Fsp3) is 0.300. The van der Waals surface area contributed by atoms with Gasteiger partial charge in [0, 0.05) is 21.8 Å². The van der Waals surface area contributed by atoms with Gasteiger partial charge in [0.1, 0.15) is 6.61 Å². The molecule has 3 nitrogen and oxygen atoms in total. The second-order valence-corrected chi connectivity index (χ2v) is 4.20. The fourth-order valence-corrected chi connectivity index (χ4v) is 1.88. The average molecular weight is 293 g/mol. The van der Waals surface area contributed by atoms with Crippen molar-refractivity contribution in [3.05, 3.63) is 27.7 Å². The molecule has 0 fully saturated rings. The molecule has 82 valence electrons. The molecule has 0 atom stereocenters. The highest BCUT2D eigenvalue weighted by Gasteiger charge is 2.03. The molecule has 1 amide bonds. The Morgan fingerprint density at radius 2 is 2.27 bits per heavy atom. The number of hydrogen-bond donors (Lipinski definition) is 1. The molecule has 0 spiro atoms. The molecule has 0 aromatic heterocycles. The molecule has 5 heteroatoms. The zero-order chi connectivity index (χ0) is 11.3. The number of ether oxygens (including phenoxy) is 1. The molecule has 0 saturated heterocycles. The number of carbonyl (C=O) groups excluding carboxylic acids is 1. The van der Waals surface area contributed by atoms with Crippen molar-refractivity contribution in [1.29, 1.82) is 0 Å². The number of nitrogens with one attached hydrogen (secondary N) is 1. The molecule has 1 N–H and O–H groups in total. The van der Waals surface area contributed by atoms with Crippen molar-refractivity contribution < 1.29 is 9.53 Å². The summed E-state index contributed by atoms with van der Waals surface area (Å²) >= 11 is 9.11. The summed E-state index contributed by atoms with van der Waals surface area (Å²) < 4.78 is 5.79. The second-order valence-electron chi connectivity index (χ2n) is 2.84. The lowest BCUT2D eigenvalue weighted by Crippen LogP contribution is -2.18. The van der Waals surface area contributed by atoms with Gasteiger partial charge in [0.15, 0.2) is 0 Å². The smallest absolute Gasteiger partial charge is 0.250 e. The molecule has 0 unspecified atom stereocenters. The number of hydrogen-bond acceptors (Lipinski definition) is 2. The van der Waals surface area contributed by atoms with Crippen molar-refractivity contribution in [3.63, 3.8) is 0 Å². The van der Waals surface area contributed by atoms with Gasteiger partial charge in [0.25, 0.3) is 0 Å². The zero-order valence-corrected chi connectivity index (χ0v) is 10.6. The zero-order valence-electron chi connectivity index (χ0n) is 8.22. The van der Waals surface area contributed by atoms with Crippen LogP contribution in [0.25, 0.3) is 0 Å². The van der Waals surface area contributed by atoms with E-state index in [2.05, 4.69) is 21.2 Å². The highest BCUT2D eigenvalue weighted by molar-refractivity contribution is 9.10. The van der Waals surface area contributed by atoms with Crippen LogP contribution in [0, 0.1) is 0 Å². The van der Waals surface area contributed by atoms with Crippen LogP contribution >= 0.6 is 27.5 Å². The highest BCUT2D eigenvalue weighted by atomic mass is 79.9. The first kappa shape index (κ1) is 12.5. The molecule has 1 aromatic carbocycles. The van der Waals surface area contributed by atoms with Gasteiger partial charge >= 0.3 is 0 Å². The topological polar surface area (TPSA) is 38.3 Å². The van der Waals surface area contributed by atoms with Crippen LogP contribution in [0.3, 0.4) is 0 Å². The van der Waals surface area contributed by atoms with Gasteiger partial charge in [0.05, 0.1) is 0 Å². The third-order valence-corrected chi connectivity index (χ3v) is 2.26. The van der Waals surface area contributed by atoms with E-state index in [4.69, 9.17) is 16.3 Å². The average Bonchev–Trinajstić information content (AvgIpc) is 2.13. The molecule has 0 saturated carbocycles. The van der Waals surface area contributed by atoms with E-state index in [0.29, 0.717) is 17.3 Å². The van der Waals surface area contributed by atoms with E-state index < -0.39 is 0 Å². The SMILES string of the molecule is CCOCC(=O)Nc1cc(Cl)cc(Br)c1. The summed E-state index contributed by atoms with van der Waals surface area (Å²) in [7, 11) is 0. The van der Waals surface area contributed by atoms with Crippen LogP contribution in [-0.4, -0.2) is 19.1 Å². The number of benzene rings is 1. The van der Waals surface area contributed by atoms with Crippen molar-refractivity contribution >= 4 is 39.1 Å². The van der Waals surface area contributed by atoms with Gasteiger partial charge in [-0.25, -0.2) is 0 Å². The number of rotatable bonds is 4. The van der Waals surface area contributed by atoms with E-state index in [1.807, 2.05) is 6.92 Å². The quantitative estimate of drug-likeness (QED) is 0.926. The predicted molar refractivity (Wildman–Crippen MR) is 64.3 cm³/mol. The Labute approximate surface area is 102 Å². The van der Waals surface area contributed by atoms with Crippen molar-refractivity contribution in [1.82, 2.24) is 0 Å². The van der Waals surface area contributed by atoms with Crippen LogP contribution in [0.15, 0.2) is 22.7 Å². The first-order valence-electron chi connectivity index (χ1n) is 4.45. The molecule has 0 aliphatic rings.